The molecule has 1 rings (SSSR count). The molecule has 0 aliphatic rings. The van der Waals surface area contributed by atoms with Crippen LogP contribution < -0.4 is 4.74 Å². The van der Waals surface area contributed by atoms with E-state index >= 15 is 0 Å². The number of halogens is 3. The van der Waals surface area contributed by atoms with Crippen LogP contribution in [0.15, 0.2) is 29.4 Å². The summed E-state index contributed by atoms with van der Waals surface area (Å²) >= 11 is 0. The molecule has 0 radical (unpaired) electrons. The van der Waals surface area contributed by atoms with Crippen LogP contribution in [0.4, 0.5) is 13.2 Å². The van der Waals surface area contributed by atoms with E-state index in [4.69, 9.17) is 9.94 Å². The first-order valence-electron chi connectivity index (χ1n) is 5.99. The second-order valence-corrected chi connectivity index (χ2v) is 4.08. The highest BCUT2D eigenvalue weighted by atomic mass is 19.4. The number of oxime groups is 1. The van der Waals surface area contributed by atoms with Gasteiger partial charge in [-0.15, -0.1) is 0 Å². The minimum Gasteiger partial charge on any atom is -0.493 e. The first-order chi connectivity index (χ1) is 9.42. The molecule has 0 unspecified atom stereocenters. The van der Waals surface area contributed by atoms with E-state index in [-0.39, 0.29) is 13.2 Å². The Bertz CT molecular complexity index is 447. The highest BCUT2D eigenvalue weighted by Gasteiger charge is 2.27. The van der Waals surface area contributed by atoms with Crippen LogP contribution in [0.2, 0.25) is 0 Å². The Morgan fingerprint density at radius 1 is 1.30 bits per heavy atom. The van der Waals surface area contributed by atoms with Crippen LogP contribution in [-0.2, 0) is 4.74 Å². The van der Waals surface area contributed by atoms with Crippen molar-refractivity contribution in [3.8, 4) is 5.75 Å². The van der Waals surface area contributed by atoms with Gasteiger partial charge in [-0.25, -0.2) is 0 Å². The Hall–Kier alpha value is -1.76. The Kier molecular flexibility index (Phi) is 6.30. The Balaban J connectivity index is 2.29. The van der Waals surface area contributed by atoms with E-state index in [0.29, 0.717) is 23.4 Å². The topological polar surface area (TPSA) is 51.1 Å². The molecule has 1 N–H and O–H groups in total. The largest absolute Gasteiger partial charge is 0.493 e. The minimum absolute atomic E-state index is 0.0175. The van der Waals surface area contributed by atoms with Crippen LogP contribution in [0.3, 0.4) is 0 Å². The van der Waals surface area contributed by atoms with Crippen LogP contribution in [0.25, 0.3) is 0 Å². The van der Waals surface area contributed by atoms with Crippen molar-refractivity contribution in [1.82, 2.24) is 0 Å². The molecule has 112 valence electrons. The zero-order chi connectivity index (χ0) is 15.0. The van der Waals surface area contributed by atoms with Gasteiger partial charge >= 0.3 is 6.18 Å². The number of alkyl halides is 3. The molecule has 0 bridgehead atoms. The third kappa shape index (κ3) is 6.42. The van der Waals surface area contributed by atoms with Crippen LogP contribution in [0, 0.1) is 0 Å². The lowest BCUT2D eigenvalue weighted by Crippen LogP contribution is -2.18. The molecule has 0 saturated heterocycles. The van der Waals surface area contributed by atoms with Crippen molar-refractivity contribution < 1.29 is 27.9 Å². The predicted octanol–water partition coefficient (Wildman–Crippen LogP) is 3.23. The van der Waals surface area contributed by atoms with Gasteiger partial charge < -0.3 is 14.7 Å². The fraction of sp³-hybridized carbons (Fsp3) is 0.462. The van der Waals surface area contributed by atoms with Crippen molar-refractivity contribution in [3.63, 3.8) is 0 Å². The number of rotatable bonds is 7. The molecular formula is C13H16F3NO3. The van der Waals surface area contributed by atoms with Crippen molar-refractivity contribution in [2.24, 2.45) is 5.16 Å². The number of hydrogen-bond donors (Lipinski definition) is 1. The van der Waals surface area contributed by atoms with Gasteiger partial charge in [-0.2, -0.15) is 13.2 Å². The van der Waals surface area contributed by atoms with Crippen molar-refractivity contribution >= 4 is 5.71 Å². The number of hydrogen-bond acceptors (Lipinski definition) is 4. The zero-order valence-electron chi connectivity index (χ0n) is 11.0. The molecule has 20 heavy (non-hydrogen) atoms. The van der Waals surface area contributed by atoms with Crippen LogP contribution in [0.5, 0.6) is 5.75 Å². The first-order valence-corrected chi connectivity index (χ1v) is 5.99. The molecule has 0 heterocycles. The monoisotopic (exact) mass is 291 g/mol. The van der Waals surface area contributed by atoms with Gasteiger partial charge in [0, 0.05) is 12.0 Å². The molecule has 0 amide bonds. The van der Waals surface area contributed by atoms with Crippen LogP contribution in [0.1, 0.15) is 18.9 Å². The van der Waals surface area contributed by atoms with Gasteiger partial charge in [0.2, 0.25) is 0 Å². The maximum Gasteiger partial charge on any atom is 0.411 e. The van der Waals surface area contributed by atoms with Crippen molar-refractivity contribution in [2.45, 2.75) is 19.5 Å². The summed E-state index contributed by atoms with van der Waals surface area (Å²) in [6.45, 7) is 0.631. The number of ether oxygens (including phenoxy) is 2. The number of nitrogens with zero attached hydrogens (tertiary/aromatic N) is 1. The third-order valence-corrected chi connectivity index (χ3v) is 2.37. The summed E-state index contributed by atoms with van der Waals surface area (Å²) < 4.78 is 45.2. The zero-order valence-corrected chi connectivity index (χ0v) is 11.0. The van der Waals surface area contributed by atoms with Gasteiger partial charge in [-0.3, -0.25) is 0 Å². The Morgan fingerprint density at radius 3 is 2.70 bits per heavy atom. The van der Waals surface area contributed by atoms with E-state index < -0.39 is 12.8 Å². The molecule has 7 heteroatoms. The third-order valence-electron chi connectivity index (χ3n) is 2.37. The summed E-state index contributed by atoms with van der Waals surface area (Å²) in [5.41, 5.74) is 1.15. The molecule has 0 aliphatic heterocycles. The second-order valence-electron chi connectivity index (χ2n) is 4.08. The average Bonchev–Trinajstić information content (AvgIpc) is 2.41. The normalized spacial score (nSPS) is 12.5. The quantitative estimate of drug-likeness (QED) is 0.363. The standard InChI is InChI=1S/C13H16F3NO3/c1-10(17-18)11-4-2-5-12(8-11)20-7-3-6-19-9-13(14,15)16/h2,4-5,8,18H,3,6-7,9H2,1H3. The molecular weight excluding hydrogens is 275 g/mol. The first kappa shape index (κ1) is 16.3. The molecule has 0 saturated carbocycles. The molecule has 4 nitrogen and oxygen atoms in total. The second kappa shape index (κ2) is 7.74. The van der Waals surface area contributed by atoms with Crippen molar-refractivity contribution in [2.75, 3.05) is 19.8 Å². The summed E-state index contributed by atoms with van der Waals surface area (Å²) in [7, 11) is 0. The van der Waals surface area contributed by atoms with Gasteiger partial charge in [0.05, 0.1) is 18.9 Å². The van der Waals surface area contributed by atoms with Gasteiger partial charge in [0.15, 0.2) is 0 Å². The highest BCUT2D eigenvalue weighted by molar-refractivity contribution is 5.98. The summed E-state index contributed by atoms with van der Waals surface area (Å²) in [6.07, 6.45) is -3.94. The fourth-order valence-electron chi connectivity index (χ4n) is 1.41. The SMILES string of the molecule is CC(=NO)c1cccc(OCCCOCC(F)(F)F)c1. The lowest BCUT2D eigenvalue weighted by Gasteiger charge is -2.09. The Morgan fingerprint density at radius 2 is 2.05 bits per heavy atom. The summed E-state index contributed by atoms with van der Waals surface area (Å²) in [6, 6.07) is 6.89. The Labute approximate surface area is 114 Å². The summed E-state index contributed by atoms with van der Waals surface area (Å²) in [4.78, 5) is 0. The minimum atomic E-state index is -4.30. The van der Waals surface area contributed by atoms with Crippen LogP contribution in [-0.4, -0.2) is 36.9 Å². The smallest absolute Gasteiger partial charge is 0.411 e. The predicted molar refractivity (Wildman–Crippen MR) is 67.4 cm³/mol. The molecule has 0 atom stereocenters. The van der Waals surface area contributed by atoms with Crippen molar-refractivity contribution in [1.29, 1.82) is 0 Å². The van der Waals surface area contributed by atoms with Gasteiger partial charge in [-0.1, -0.05) is 17.3 Å². The number of benzene rings is 1. The molecule has 1 aromatic carbocycles. The van der Waals surface area contributed by atoms with Gasteiger partial charge in [-0.05, 0) is 19.1 Å². The van der Waals surface area contributed by atoms with E-state index in [1.165, 1.54) is 0 Å². The highest BCUT2D eigenvalue weighted by Crippen LogP contribution is 2.15. The van der Waals surface area contributed by atoms with Gasteiger partial charge in [0.1, 0.15) is 12.4 Å². The summed E-state index contributed by atoms with van der Waals surface area (Å²) in [5, 5.41) is 11.7. The van der Waals surface area contributed by atoms with E-state index in [9.17, 15) is 13.2 Å². The molecule has 0 aromatic heterocycles. The molecule has 0 aliphatic carbocycles. The lowest BCUT2D eigenvalue weighted by atomic mass is 10.1. The molecule has 1 aromatic rings. The summed E-state index contributed by atoms with van der Waals surface area (Å²) in [5.74, 6) is 0.557. The maximum atomic E-state index is 11.8. The van der Waals surface area contributed by atoms with E-state index in [1.54, 1.807) is 31.2 Å². The van der Waals surface area contributed by atoms with Crippen molar-refractivity contribution in [3.05, 3.63) is 29.8 Å². The van der Waals surface area contributed by atoms with Gasteiger partial charge in [0.25, 0.3) is 0 Å². The molecule has 0 fully saturated rings. The van der Waals surface area contributed by atoms with Crippen LogP contribution >= 0.6 is 0 Å². The van der Waals surface area contributed by atoms with E-state index in [0.717, 1.165) is 0 Å². The maximum absolute atomic E-state index is 11.8. The lowest BCUT2D eigenvalue weighted by molar-refractivity contribution is -0.174. The average molecular weight is 291 g/mol. The fourth-order valence-corrected chi connectivity index (χ4v) is 1.41. The van der Waals surface area contributed by atoms with E-state index in [2.05, 4.69) is 9.89 Å². The molecule has 0 spiro atoms. The van der Waals surface area contributed by atoms with E-state index in [1.807, 2.05) is 0 Å².